The minimum absolute atomic E-state index is 0.0786. The molecule has 4 heteroatoms. The largest absolute Gasteiger partial charge is 0.309 e. The quantitative estimate of drug-likeness (QED) is 0.889. The van der Waals surface area contributed by atoms with Gasteiger partial charge >= 0.3 is 0 Å². The summed E-state index contributed by atoms with van der Waals surface area (Å²) >= 11 is 5.76. The van der Waals surface area contributed by atoms with Gasteiger partial charge < -0.3 is 5.32 Å². The zero-order valence-corrected chi connectivity index (χ0v) is 10.5. The van der Waals surface area contributed by atoms with Crippen LogP contribution >= 0.6 is 11.6 Å². The maximum absolute atomic E-state index is 14.0. The minimum Gasteiger partial charge on any atom is -0.309 e. The van der Waals surface area contributed by atoms with Crippen LogP contribution in [0.2, 0.25) is 5.02 Å². The summed E-state index contributed by atoms with van der Waals surface area (Å²) in [5.41, 5.74) is 1.22. The average molecular weight is 268 g/mol. The molecule has 1 N–H and O–H groups in total. The molecule has 0 aliphatic carbocycles. The third-order valence-electron chi connectivity index (χ3n) is 2.78. The van der Waals surface area contributed by atoms with Crippen LogP contribution in [0.25, 0.3) is 0 Å². The molecule has 2 rings (SSSR count). The SMILES string of the molecule is CNC(c1ccc(F)cc1)c1cccc(Cl)c1F. The molecule has 0 aliphatic rings. The Morgan fingerprint density at radius 3 is 2.33 bits per heavy atom. The van der Waals surface area contributed by atoms with E-state index in [1.807, 2.05) is 0 Å². The lowest BCUT2D eigenvalue weighted by Crippen LogP contribution is -2.19. The highest BCUT2D eigenvalue weighted by Gasteiger charge is 2.17. The van der Waals surface area contributed by atoms with Gasteiger partial charge in [-0.3, -0.25) is 0 Å². The number of rotatable bonds is 3. The molecule has 0 radical (unpaired) electrons. The van der Waals surface area contributed by atoms with Crippen molar-refractivity contribution in [2.45, 2.75) is 6.04 Å². The lowest BCUT2D eigenvalue weighted by atomic mass is 9.98. The maximum atomic E-state index is 14.0. The second-order valence-electron chi connectivity index (χ2n) is 3.92. The molecule has 1 unspecified atom stereocenters. The van der Waals surface area contributed by atoms with Gasteiger partial charge in [0.25, 0.3) is 0 Å². The number of hydrogen-bond acceptors (Lipinski definition) is 1. The number of hydrogen-bond donors (Lipinski definition) is 1. The highest BCUT2D eigenvalue weighted by molar-refractivity contribution is 6.30. The van der Waals surface area contributed by atoms with E-state index >= 15 is 0 Å². The summed E-state index contributed by atoms with van der Waals surface area (Å²) in [5, 5.41) is 3.08. The van der Waals surface area contributed by atoms with Crippen LogP contribution in [0.1, 0.15) is 17.2 Å². The first-order valence-corrected chi connectivity index (χ1v) is 5.88. The molecule has 0 saturated carbocycles. The summed E-state index contributed by atoms with van der Waals surface area (Å²) in [6.45, 7) is 0. The standard InChI is InChI=1S/C14H12ClF2N/c1-18-14(9-5-7-10(16)8-6-9)11-3-2-4-12(15)13(11)17/h2-8,14,18H,1H3. The Kier molecular flexibility index (Phi) is 3.94. The predicted molar refractivity (Wildman–Crippen MR) is 68.7 cm³/mol. The van der Waals surface area contributed by atoms with Crippen molar-refractivity contribution >= 4 is 11.6 Å². The van der Waals surface area contributed by atoms with Crippen molar-refractivity contribution < 1.29 is 8.78 Å². The maximum Gasteiger partial charge on any atom is 0.146 e. The van der Waals surface area contributed by atoms with Crippen molar-refractivity contribution in [2.24, 2.45) is 0 Å². The van der Waals surface area contributed by atoms with Crippen LogP contribution in [0.3, 0.4) is 0 Å². The van der Waals surface area contributed by atoms with Crippen LogP contribution in [0.5, 0.6) is 0 Å². The molecule has 0 bridgehead atoms. The molecule has 0 saturated heterocycles. The molecular weight excluding hydrogens is 256 g/mol. The second-order valence-corrected chi connectivity index (χ2v) is 4.32. The van der Waals surface area contributed by atoms with Gasteiger partial charge in [-0.25, -0.2) is 8.78 Å². The van der Waals surface area contributed by atoms with Crippen molar-refractivity contribution in [3.05, 3.63) is 70.2 Å². The summed E-state index contributed by atoms with van der Waals surface area (Å²) in [6, 6.07) is 10.4. The second kappa shape index (κ2) is 5.46. The summed E-state index contributed by atoms with van der Waals surface area (Å²) in [7, 11) is 1.72. The molecule has 2 aromatic carbocycles. The molecule has 0 amide bonds. The molecule has 94 valence electrons. The Bertz CT molecular complexity index is 540. The van der Waals surface area contributed by atoms with Gasteiger partial charge in [0.05, 0.1) is 11.1 Å². The lowest BCUT2D eigenvalue weighted by molar-refractivity contribution is 0.575. The van der Waals surface area contributed by atoms with E-state index in [1.54, 1.807) is 31.3 Å². The van der Waals surface area contributed by atoms with Gasteiger partial charge in [0.15, 0.2) is 0 Å². The average Bonchev–Trinajstić information content (AvgIpc) is 2.37. The van der Waals surface area contributed by atoms with Crippen molar-refractivity contribution in [3.63, 3.8) is 0 Å². The topological polar surface area (TPSA) is 12.0 Å². The first kappa shape index (κ1) is 13.0. The Hall–Kier alpha value is -1.45. The summed E-state index contributed by atoms with van der Waals surface area (Å²) < 4.78 is 26.8. The van der Waals surface area contributed by atoms with E-state index in [1.165, 1.54) is 18.2 Å². The molecular formula is C14H12ClF2N. The van der Waals surface area contributed by atoms with Gasteiger partial charge in [-0.1, -0.05) is 35.9 Å². The van der Waals surface area contributed by atoms with Crippen LogP contribution in [-0.4, -0.2) is 7.05 Å². The smallest absolute Gasteiger partial charge is 0.146 e. The number of benzene rings is 2. The van der Waals surface area contributed by atoms with Crippen LogP contribution in [-0.2, 0) is 0 Å². The molecule has 1 nitrogen and oxygen atoms in total. The van der Waals surface area contributed by atoms with E-state index in [0.717, 1.165) is 5.56 Å². The van der Waals surface area contributed by atoms with E-state index in [9.17, 15) is 8.78 Å². The number of halogens is 3. The minimum atomic E-state index is -0.456. The summed E-state index contributed by atoms with van der Waals surface area (Å²) in [4.78, 5) is 0. The van der Waals surface area contributed by atoms with Gasteiger partial charge in [-0.05, 0) is 30.8 Å². The summed E-state index contributed by atoms with van der Waals surface area (Å²) in [6.07, 6.45) is 0. The Morgan fingerprint density at radius 1 is 1.06 bits per heavy atom. The molecule has 2 aromatic rings. The van der Waals surface area contributed by atoms with E-state index < -0.39 is 5.82 Å². The molecule has 18 heavy (non-hydrogen) atoms. The van der Waals surface area contributed by atoms with E-state index in [4.69, 9.17) is 11.6 Å². The van der Waals surface area contributed by atoms with E-state index in [2.05, 4.69) is 5.32 Å². The third-order valence-corrected chi connectivity index (χ3v) is 3.08. The van der Waals surface area contributed by atoms with Gasteiger partial charge in [0.2, 0.25) is 0 Å². The molecule has 1 atom stereocenters. The molecule has 0 fully saturated rings. The Morgan fingerprint density at radius 2 is 1.72 bits per heavy atom. The predicted octanol–water partition coefficient (Wildman–Crippen LogP) is 3.93. The molecule has 0 aliphatic heterocycles. The van der Waals surface area contributed by atoms with Crippen molar-refractivity contribution in [1.29, 1.82) is 0 Å². The monoisotopic (exact) mass is 267 g/mol. The zero-order valence-electron chi connectivity index (χ0n) is 9.75. The molecule has 0 heterocycles. The van der Waals surface area contributed by atoms with Gasteiger partial charge in [0.1, 0.15) is 11.6 Å². The fraction of sp³-hybridized carbons (Fsp3) is 0.143. The first-order valence-electron chi connectivity index (χ1n) is 5.50. The van der Waals surface area contributed by atoms with Gasteiger partial charge in [-0.2, -0.15) is 0 Å². The summed E-state index contributed by atoms with van der Waals surface area (Å²) in [5.74, 6) is -0.775. The van der Waals surface area contributed by atoms with Crippen molar-refractivity contribution in [3.8, 4) is 0 Å². The van der Waals surface area contributed by atoms with Gasteiger partial charge in [-0.15, -0.1) is 0 Å². The van der Waals surface area contributed by atoms with Crippen molar-refractivity contribution in [1.82, 2.24) is 5.32 Å². The normalized spacial score (nSPS) is 12.4. The lowest BCUT2D eigenvalue weighted by Gasteiger charge is -2.18. The fourth-order valence-electron chi connectivity index (χ4n) is 1.90. The van der Waals surface area contributed by atoms with E-state index in [0.29, 0.717) is 5.56 Å². The van der Waals surface area contributed by atoms with Crippen LogP contribution in [0, 0.1) is 11.6 Å². The number of nitrogens with one attached hydrogen (secondary N) is 1. The fourth-order valence-corrected chi connectivity index (χ4v) is 2.08. The van der Waals surface area contributed by atoms with Crippen LogP contribution in [0.4, 0.5) is 8.78 Å². The highest BCUT2D eigenvalue weighted by Crippen LogP contribution is 2.27. The van der Waals surface area contributed by atoms with Gasteiger partial charge in [0, 0.05) is 5.56 Å². The zero-order chi connectivity index (χ0) is 13.1. The van der Waals surface area contributed by atoms with Crippen LogP contribution in [0.15, 0.2) is 42.5 Å². The Balaban J connectivity index is 2.45. The van der Waals surface area contributed by atoms with E-state index in [-0.39, 0.29) is 16.9 Å². The third kappa shape index (κ3) is 2.52. The van der Waals surface area contributed by atoms with Crippen LogP contribution < -0.4 is 5.32 Å². The first-order chi connectivity index (χ1) is 8.63. The highest BCUT2D eigenvalue weighted by atomic mass is 35.5. The Labute approximate surface area is 109 Å². The molecule has 0 spiro atoms. The van der Waals surface area contributed by atoms with Crippen molar-refractivity contribution in [2.75, 3.05) is 7.05 Å². The molecule has 0 aromatic heterocycles.